The van der Waals surface area contributed by atoms with Crippen LogP contribution in [-0.4, -0.2) is 41.4 Å². The molecule has 2 rings (SSSR count). The molecule has 1 aliphatic carbocycles. The van der Waals surface area contributed by atoms with E-state index < -0.39 is 0 Å². The molecule has 1 aromatic rings. The zero-order valence-corrected chi connectivity index (χ0v) is 13.3. The number of hydrogen-bond donors (Lipinski definition) is 1. The fraction of sp³-hybridized carbons (Fsp3) is 0.692. The van der Waals surface area contributed by atoms with Crippen molar-refractivity contribution in [2.45, 2.75) is 32.4 Å². The summed E-state index contributed by atoms with van der Waals surface area (Å²) in [6.45, 7) is 3.73. The minimum Gasteiger partial charge on any atom is -0.379 e. The van der Waals surface area contributed by atoms with Crippen molar-refractivity contribution < 1.29 is 0 Å². The van der Waals surface area contributed by atoms with Crippen LogP contribution < -0.4 is 10.9 Å². The van der Waals surface area contributed by atoms with Crippen LogP contribution in [0.1, 0.15) is 19.8 Å². The Bertz CT molecular complexity index is 496. The van der Waals surface area contributed by atoms with Crippen LogP contribution in [0, 0.1) is 5.92 Å². The Balaban J connectivity index is 2.09. The van der Waals surface area contributed by atoms with Crippen molar-refractivity contribution in [3.8, 4) is 0 Å². The van der Waals surface area contributed by atoms with Gasteiger partial charge in [-0.25, -0.2) is 4.68 Å². The van der Waals surface area contributed by atoms with E-state index in [1.54, 1.807) is 10.9 Å². The average Bonchev–Trinajstić information content (AvgIpc) is 3.12. The van der Waals surface area contributed by atoms with Crippen LogP contribution in [0.3, 0.4) is 0 Å². The van der Waals surface area contributed by atoms with Gasteiger partial charge < -0.3 is 10.2 Å². The number of rotatable bonds is 6. The van der Waals surface area contributed by atoms with Crippen LogP contribution in [0.2, 0.25) is 0 Å². The lowest BCUT2D eigenvalue weighted by Crippen LogP contribution is -2.31. The maximum absolute atomic E-state index is 12.2. The summed E-state index contributed by atoms with van der Waals surface area (Å²) in [6, 6.07) is 0.256. The average molecular weight is 329 g/mol. The summed E-state index contributed by atoms with van der Waals surface area (Å²) in [5.74, 6) is 0.642. The quantitative estimate of drug-likeness (QED) is 0.864. The van der Waals surface area contributed by atoms with Crippen molar-refractivity contribution in [2.24, 2.45) is 5.92 Å². The summed E-state index contributed by atoms with van der Waals surface area (Å²) in [5, 5.41) is 7.56. The van der Waals surface area contributed by atoms with E-state index in [0.717, 1.165) is 18.8 Å². The van der Waals surface area contributed by atoms with E-state index in [9.17, 15) is 4.79 Å². The molecule has 0 radical (unpaired) electrons. The van der Waals surface area contributed by atoms with Gasteiger partial charge in [0.05, 0.1) is 11.9 Å². The van der Waals surface area contributed by atoms with Crippen LogP contribution in [0.5, 0.6) is 0 Å². The Hall–Kier alpha value is -0.880. The molecule has 1 atom stereocenters. The van der Waals surface area contributed by atoms with Crippen molar-refractivity contribution >= 4 is 21.6 Å². The van der Waals surface area contributed by atoms with Crippen LogP contribution in [0.4, 0.5) is 5.69 Å². The molecule has 106 valence electrons. The first kappa shape index (κ1) is 14.5. The third-order valence-electron chi connectivity index (χ3n) is 3.15. The molecule has 1 aromatic heterocycles. The number of halogens is 1. The fourth-order valence-corrected chi connectivity index (χ4v) is 2.52. The molecule has 6 heteroatoms. The molecule has 0 amide bonds. The zero-order valence-electron chi connectivity index (χ0n) is 11.7. The summed E-state index contributed by atoms with van der Waals surface area (Å²) >= 11 is 3.39. The number of hydrogen-bond acceptors (Lipinski definition) is 4. The highest BCUT2D eigenvalue weighted by Crippen LogP contribution is 2.30. The molecular weight excluding hydrogens is 308 g/mol. The topological polar surface area (TPSA) is 50.2 Å². The normalized spacial score (nSPS) is 16.7. The summed E-state index contributed by atoms with van der Waals surface area (Å²) < 4.78 is 2.14. The lowest BCUT2D eigenvalue weighted by atomic mass is 10.3. The molecule has 1 unspecified atom stereocenters. The first-order valence-corrected chi connectivity index (χ1v) is 7.43. The molecule has 1 N–H and O–H groups in total. The van der Waals surface area contributed by atoms with E-state index >= 15 is 0 Å². The summed E-state index contributed by atoms with van der Waals surface area (Å²) in [6.07, 6.45) is 4.16. The summed E-state index contributed by atoms with van der Waals surface area (Å²) in [7, 11) is 4.05. The molecule has 1 aliphatic rings. The van der Waals surface area contributed by atoms with Crippen LogP contribution in [0.15, 0.2) is 15.5 Å². The predicted molar refractivity (Wildman–Crippen MR) is 80.6 cm³/mol. The van der Waals surface area contributed by atoms with Crippen molar-refractivity contribution in [3.05, 3.63) is 21.0 Å². The lowest BCUT2D eigenvalue weighted by molar-refractivity contribution is 0.392. The van der Waals surface area contributed by atoms with E-state index in [0.29, 0.717) is 10.4 Å². The minimum absolute atomic E-state index is 0.0473. The van der Waals surface area contributed by atoms with Crippen molar-refractivity contribution in [1.29, 1.82) is 0 Å². The van der Waals surface area contributed by atoms with Gasteiger partial charge in [-0.3, -0.25) is 4.79 Å². The van der Waals surface area contributed by atoms with Gasteiger partial charge in [-0.2, -0.15) is 5.10 Å². The molecular formula is C13H21BrN4O. The van der Waals surface area contributed by atoms with Crippen molar-refractivity contribution in [2.75, 3.05) is 26.0 Å². The zero-order chi connectivity index (χ0) is 14.0. The van der Waals surface area contributed by atoms with Gasteiger partial charge in [-0.1, -0.05) is 0 Å². The number of likely N-dealkylation sites (N-methyl/N-ethyl adjacent to an activating group) is 1. The number of nitrogens with one attached hydrogen (secondary N) is 1. The molecule has 5 nitrogen and oxygen atoms in total. The highest BCUT2D eigenvalue weighted by molar-refractivity contribution is 9.10. The summed E-state index contributed by atoms with van der Waals surface area (Å²) in [4.78, 5) is 14.3. The van der Waals surface area contributed by atoms with Crippen LogP contribution >= 0.6 is 15.9 Å². The van der Waals surface area contributed by atoms with Gasteiger partial charge in [0.1, 0.15) is 4.47 Å². The van der Waals surface area contributed by atoms with E-state index in [4.69, 9.17) is 0 Å². The maximum atomic E-state index is 12.2. The molecule has 1 fully saturated rings. The molecule has 0 bridgehead atoms. The number of anilines is 1. The third-order valence-corrected chi connectivity index (χ3v) is 3.92. The first-order valence-electron chi connectivity index (χ1n) is 6.64. The van der Waals surface area contributed by atoms with Crippen LogP contribution in [0.25, 0.3) is 0 Å². The molecule has 0 saturated heterocycles. The second-order valence-electron chi connectivity index (χ2n) is 5.61. The largest absolute Gasteiger partial charge is 0.379 e. The third kappa shape index (κ3) is 4.04. The first-order chi connectivity index (χ1) is 8.97. The van der Waals surface area contributed by atoms with Gasteiger partial charge in [0.15, 0.2) is 0 Å². The monoisotopic (exact) mass is 328 g/mol. The van der Waals surface area contributed by atoms with E-state index in [1.165, 1.54) is 12.8 Å². The predicted octanol–water partition coefficient (Wildman–Crippen LogP) is 1.78. The molecule has 1 heterocycles. The van der Waals surface area contributed by atoms with E-state index in [2.05, 4.69) is 38.2 Å². The summed E-state index contributed by atoms with van der Waals surface area (Å²) in [5.41, 5.74) is 0.723. The van der Waals surface area contributed by atoms with Gasteiger partial charge in [0, 0.05) is 19.1 Å². The lowest BCUT2D eigenvalue weighted by Gasteiger charge is -2.20. The van der Waals surface area contributed by atoms with E-state index in [-0.39, 0.29) is 11.6 Å². The molecule has 0 aliphatic heterocycles. The second kappa shape index (κ2) is 6.05. The Morgan fingerprint density at radius 1 is 1.58 bits per heavy atom. The van der Waals surface area contributed by atoms with Gasteiger partial charge in [-0.15, -0.1) is 0 Å². The minimum atomic E-state index is -0.0473. The van der Waals surface area contributed by atoms with Crippen molar-refractivity contribution in [1.82, 2.24) is 14.7 Å². The van der Waals surface area contributed by atoms with Crippen molar-refractivity contribution in [3.63, 3.8) is 0 Å². The molecule has 0 spiro atoms. The number of aromatic nitrogens is 2. The SMILES string of the molecule is CC(CN(C)C)Nc1cnn(CC2CC2)c(=O)c1Br. The fourth-order valence-electron chi connectivity index (χ4n) is 2.10. The Kier molecular flexibility index (Phi) is 4.62. The highest BCUT2D eigenvalue weighted by atomic mass is 79.9. The Morgan fingerprint density at radius 2 is 2.26 bits per heavy atom. The second-order valence-corrected chi connectivity index (χ2v) is 6.40. The molecule has 1 saturated carbocycles. The van der Waals surface area contributed by atoms with Crippen LogP contribution in [-0.2, 0) is 6.54 Å². The van der Waals surface area contributed by atoms with Gasteiger partial charge in [0.25, 0.3) is 5.56 Å². The standard InChI is InChI=1S/C13H21BrN4O/c1-9(7-17(2)3)16-11-6-15-18(8-10-4-5-10)13(19)12(11)14/h6,9-10,16H,4-5,7-8H2,1-3H3. The molecule has 19 heavy (non-hydrogen) atoms. The molecule has 0 aromatic carbocycles. The Labute approximate surface area is 122 Å². The van der Waals surface area contributed by atoms with E-state index in [1.807, 2.05) is 14.1 Å². The highest BCUT2D eigenvalue weighted by Gasteiger charge is 2.23. The smallest absolute Gasteiger partial charge is 0.283 e. The Morgan fingerprint density at radius 3 is 2.84 bits per heavy atom. The maximum Gasteiger partial charge on any atom is 0.283 e. The number of nitrogens with zero attached hydrogens (tertiary/aromatic N) is 3. The van der Waals surface area contributed by atoms with Gasteiger partial charge >= 0.3 is 0 Å². The van der Waals surface area contributed by atoms with Gasteiger partial charge in [-0.05, 0) is 55.7 Å². The van der Waals surface area contributed by atoms with Gasteiger partial charge in [0.2, 0.25) is 0 Å².